The summed E-state index contributed by atoms with van der Waals surface area (Å²) >= 11 is 0. The molecule has 0 aromatic heterocycles. The highest BCUT2D eigenvalue weighted by Crippen LogP contribution is 2.16. The van der Waals surface area contributed by atoms with Crippen molar-refractivity contribution in [1.82, 2.24) is 0 Å². The summed E-state index contributed by atoms with van der Waals surface area (Å²) in [5, 5.41) is 8.49. The minimum Gasteiger partial charge on any atom is -0.481 e. The average Bonchev–Trinajstić information content (AvgIpc) is 1.83. The number of carboxylic acid groups (broad SMARTS) is 1. The summed E-state index contributed by atoms with van der Waals surface area (Å²) in [4.78, 5) is 21.3. The fraction of sp³-hybridized carbons (Fsp3) is 0.778. The molecule has 0 saturated carbocycles. The van der Waals surface area contributed by atoms with Gasteiger partial charge in [0, 0.05) is 5.92 Å². The maximum atomic E-state index is 11.0. The molecule has 1 N–H and O–H groups in total. The van der Waals surface area contributed by atoms with Gasteiger partial charge in [-0.2, -0.15) is 0 Å². The molecular weight excluding hydrogens is 156 g/mol. The first kappa shape index (κ1) is 11.1. The van der Waals surface area contributed by atoms with Crippen LogP contribution in [-0.2, 0) is 9.59 Å². The predicted octanol–water partition coefficient (Wildman–Crippen LogP) is 1.71. The van der Waals surface area contributed by atoms with Crippen LogP contribution in [0.15, 0.2) is 0 Å². The highest BCUT2D eigenvalue weighted by molar-refractivity contribution is 5.82. The van der Waals surface area contributed by atoms with Gasteiger partial charge in [-0.3, -0.25) is 9.59 Å². The summed E-state index contributed by atoms with van der Waals surface area (Å²) in [6.45, 7) is 5.42. The third kappa shape index (κ3) is 4.88. The number of hydrogen-bond donors (Lipinski definition) is 1. The van der Waals surface area contributed by atoms with Gasteiger partial charge in [-0.25, -0.2) is 0 Å². The zero-order chi connectivity index (χ0) is 9.72. The number of aliphatic carboxylic acids is 1. The van der Waals surface area contributed by atoms with Crippen molar-refractivity contribution in [2.75, 3.05) is 0 Å². The molecule has 12 heavy (non-hydrogen) atoms. The van der Waals surface area contributed by atoms with E-state index in [0.29, 0.717) is 12.3 Å². The number of Topliss-reactive ketones (excluding diaryl/α,β-unsaturated/α-hetero) is 1. The van der Waals surface area contributed by atoms with Gasteiger partial charge in [-0.1, -0.05) is 13.8 Å². The Kier molecular flexibility index (Phi) is 4.55. The molecule has 0 aliphatic rings. The SMILES string of the molecule is CC(=O)C(CC(=O)O)CC(C)C. The number of hydrogen-bond acceptors (Lipinski definition) is 2. The Labute approximate surface area is 72.8 Å². The zero-order valence-corrected chi connectivity index (χ0v) is 7.83. The van der Waals surface area contributed by atoms with Crippen LogP contribution in [0, 0.1) is 11.8 Å². The fourth-order valence-corrected chi connectivity index (χ4v) is 1.17. The van der Waals surface area contributed by atoms with Crippen molar-refractivity contribution in [2.45, 2.75) is 33.6 Å². The van der Waals surface area contributed by atoms with E-state index in [-0.39, 0.29) is 18.1 Å². The van der Waals surface area contributed by atoms with Crippen LogP contribution in [-0.4, -0.2) is 16.9 Å². The van der Waals surface area contributed by atoms with Crippen LogP contribution in [0.4, 0.5) is 0 Å². The molecule has 0 rings (SSSR count). The molecular formula is C9H16O3. The van der Waals surface area contributed by atoms with Crippen molar-refractivity contribution in [3.8, 4) is 0 Å². The Morgan fingerprint density at radius 2 is 1.83 bits per heavy atom. The van der Waals surface area contributed by atoms with Gasteiger partial charge in [-0.05, 0) is 19.3 Å². The normalized spacial score (nSPS) is 13.0. The molecule has 1 unspecified atom stereocenters. The maximum Gasteiger partial charge on any atom is 0.304 e. The molecule has 0 fully saturated rings. The maximum absolute atomic E-state index is 11.0. The first-order chi connectivity index (χ1) is 5.43. The lowest BCUT2D eigenvalue weighted by atomic mass is 9.91. The number of rotatable bonds is 5. The number of carbonyl (C=O) groups excluding carboxylic acids is 1. The molecule has 0 aliphatic carbocycles. The van der Waals surface area contributed by atoms with Gasteiger partial charge in [-0.15, -0.1) is 0 Å². The summed E-state index contributed by atoms with van der Waals surface area (Å²) in [5.41, 5.74) is 0. The third-order valence-corrected chi connectivity index (χ3v) is 1.75. The lowest BCUT2D eigenvalue weighted by Gasteiger charge is -2.13. The van der Waals surface area contributed by atoms with E-state index in [4.69, 9.17) is 5.11 Å². The van der Waals surface area contributed by atoms with Crippen LogP contribution in [0.2, 0.25) is 0 Å². The van der Waals surface area contributed by atoms with Crippen molar-refractivity contribution < 1.29 is 14.7 Å². The molecule has 0 amide bonds. The number of ketones is 1. The Bertz CT molecular complexity index is 173. The van der Waals surface area contributed by atoms with Gasteiger partial charge in [0.1, 0.15) is 5.78 Å². The minimum absolute atomic E-state index is 0.0221. The fourth-order valence-electron chi connectivity index (χ4n) is 1.17. The van der Waals surface area contributed by atoms with Gasteiger partial charge in [0.25, 0.3) is 0 Å². The Morgan fingerprint density at radius 1 is 1.33 bits per heavy atom. The predicted molar refractivity (Wildman–Crippen MR) is 45.9 cm³/mol. The zero-order valence-electron chi connectivity index (χ0n) is 7.83. The first-order valence-electron chi connectivity index (χ1n) is 4.15. The minimum atomic E-state index is -0.893. The Morgan fingerprint density at radius 3 is 2.08 bits per heavy atom. The van der Waals surface area contributed by atoms with E-state index < -0.39 is 5.97 Å². The van der Waals surface area contributed by atoms with E-state index in [2.05, 4.69) is 0 Å². The summed E-state index contributed by atoms with van der Waals surface area (Å²) < 4.78 is 0. The lowest BCUT2D eigenvalue weighted by molar-refractivity contribution is -0.140. The van der Waals surface area contributed by atoms with Crippen LogP contribution in [0.3, 0.4) is 0 Å². The molecule has 0 heterocycles. The average molecular weight is 172 g/mol. The van der Waals surface area contributed by atoms with Gasteiger partial charge >= 0.3 is 5.97 Å². The first-order valence-corrected chi connectivity index (χ1v) is 4.15. The van der Waals surface area contributed by atoms with Gasteiger partial charge in [0.15, 0.2) is 0 Å². The lowest BCUT2D eigenvalue weighted by Crippen LogP contribution is -2.17. The van der Waals surface area contributed by atoms with Crippen molar-refractivity contribution in [3.63, 3.8) is 0 Å². The number of carbonyl (C=O) groups is 2. The molecule has 0 spiro atoms. The molecule has 3 nitrogen and oxygen atoms in total. The van der Waals surface area contributed by atoms with Crippen molar-refractivity contribution >= 4 is 11.8 Å². The van der Waals surface area contributed by atoms with Gasteiger partial charge < -0.3 is 5.11 Å². The Balaban J connectivity index is 4.04. The molecule has 70 valence electrons. The van der Waals surface area contributed by atoms with Crippen LogP contribution in [0.5, 0.6) is 0 Å². The van der Waals surface area contributed by atoms with Crippen LogP contribution >= 0.6 is 0 Å². The summed E-state index contributed by atoms with van der Waals surface area (Å²) in [6, 6.07) is 0. The Hall–Kier alpha value is -0.860. The van der Waals surface area contributed by atoms with Gasteiger partial charge in [0.05, 0.1) is 6.42 Å². The second-order valence-electron chi connectivity index (χ2n) is 3.53. The molecule has 0 aliphatic heterocycles. The summed E-state index contributed by atoms with van der Waals surface area (Å²) in [7, 11) is 0. The van der Waals surface area contributed by atoms with Crippen LogP contribution in [0.1, 0.15) is 33.6 Å². The second-order valence-corrected chi connectivity index (χ2v) is 3.53. The van der Waals surface area contributed by atoms with Crippen LogP contribution < -0.4 is 0 Å². The van der Waals surface area contributed by atoms with Crippen molar-refractivity contribution in [3.05, 3.63) is 0 Å². The molecule has 0 aromatic rings. The van der Waals surface area contributed by atoms with E-state index in [1.54, 1.807) is 0 Å². The molecule has 1 atom stereocenters. The molecule has 0 bridgehead atoms. The summed E-state index contributed by atoms with van der Waals surface area (Å²) in [5.74, 6) is -0.845. The van der Waals surface area contributed by atoms with E-state index in [1.165, 1.54) is 6.92 Å². The van der Waals surface area contributed by atoms with E-state index >= 15 is 0 Å². The van der Waals surface area contributed by atoms with E-state index in [1.807, 2.05) is 13.8 Å². The monoisotopic (exact) mass is 172 g/mol. The quantitative estimate of drug-likeness (QED) is 0.686. The van der Waals surface area contributed by atoms with Crippen LogP contribution in [0.25, 0.3) is 0 Å². The second kappa shape index (κ2) is 4.91. The highest BCUT2D eigenvalue weighted by Gasteiger charge is 2.18. The molecule has 3 heteroatoms. The highest BCUT2D eigenvalue weighted by atomic mass is 16.4. The standard InChI is InChI=1S/C9H16O3/c1-6(2)4-8(7(3)10)5-9(11)12/h6,8H,4-5H2,1-3H3,(H,11,12). The smallest absolute Gasteiger partial charge is 0.304 e. The largest absolute Gasteiger partial charge is 0.481 e. The van der Waals surface area contributed by atoms with E-state index in [0.717, 1.165) is 0 Å². The third-order valence-electron chi connectivity index (χ3n) is 1.75. The van der Waals surface area contributed by atoms with Crippen molar-refractivity contribution in [1.29, 1.82) is 0 Å². The van der Waals surface area contributed by atoms with E-state index in [9.17, 15) is 9.59 Å². The van der Waals surface area contributed by atoms with Gasteiger partial charge in [0.2, 0.25) is 0 Å². The molecule has 0 saturated heterocycles. The molecule has 0 aromatic carbocycles. The molecule has 0 radical (unpaired) electrons. The number of carboxylic acids is 1. The van der Waals surface area contributed by atoms with Crippen molar-refractivity contribution in [2.24, 2.45) is 11.8 Å². The summed E-state index contributed by atoms with van der Waals surface area (Å²) in [6.07, 6.45) is 0.634. The topological polar surface area (TPSA) is 54.4 Å².